The Kier molecular flexibility index (Phi) is 8.64. The zero-order chi connectivity index (χ0) is 17.5. The summed E-state index contributed by atoms with van der Waals surface area (Å²) in [5, 5.41) is 8.14. The second-order valence-corrected chi connectivity index (χ2v) is 6.11. The van der Waals surface area contributed by atoms with Crippen LogP contribution in [-0.4, -0.2) is 30.5 Å². The summed E-state index contributed by atoms with van der Waals surface area (Å²) in [5.41, 5.74) is 6.24. The van der Waals surface area contributed by atoms with Crippen LogP contribution in [0.1, 0.15) is 21.9 Å². The molecule has 0 aliphatic carbocycles. The summed E-state index contributed by atoms with van der Waals surface area (Å²) in [4.78, 5) is 27.9. The van der Waals surface area contributed by atoms with Crippen molar-refractivity contribution in [1.29, 1.82) is 0 Å². The van der Waals surface area contributed by atoms with Gasteiger partial charge < -0.3 is 21.1 Å². The molecule has 0 saturated heterocycles. The zero-order valence-corrected chi connectivity index (χ0v) is 15.8. The molecular formula is C15H18Cl2N4O3S. The Balaban J connectivity index is 0.00000312. The minimum Gasteiger partial charge on any atom is -0.495 e. The van der Waals surface area contributed by atoms with Gasteiger partial charge in [-0.3, -0.25) is 9.59 Å². The highest BCUT2D eigenvalue weighted by Gasteiger charge is 2.12. The highest BCUT2D eigenvalue weighted by atomic mass is 35.5. The van der Waals surface area contributed by atoms with E-state index in [4.69, 9.17) is 22.1 Å². The largest absolute Gasteiger partial charge is 0.495 e. The minimum atomic E-state index is -0.334. The number of thiazole rings is 1. The van der Waals surface area contributed by atoms with Crippen LogP contribution in [0.4, 0.5) is 5.69 Å². The first kappa shape index (κ1) is 21.2. The van der Waals surface area contributed by atoms with Crippen LogP contribution >= 0.6 is 35.3 Å². The first-order chi connectivity index (χ1) is 11.5. The van der Waals surface area contributed by atoms with Crippen LogP contribution < -0.4 is 21.1 Å². The Labute approximate surface area is 160 Å². The van der Waals surface area contributed by atoms with Crippen LogP contribution in [0.15, 0.2) is 23.6 Å². The normalized spacial score (nSPS) is 9.88. The molecule has 4 N–H and O–H groups in total. The third kappa shape index (κ3) is 6.17. The number of ether oxygens (including phenoxy) is 1. The van der Waals surface area contributed by atoms with Gasteiger partial charge in [-0.05, 0) is 18.2 Å². The molecule has 0 aliphatic rings. The molecule has 2 amide bonds. The van der Waals surface area contributed by atoms with Crippen molar-refractivity contribution in [2.45, 2.75) is 13.0 Å². The van der Waals surface area contributed by atoms with Gasteiger partial charge in [0, 0.05) is 29.9 Å². The third-order valence-electron chi connectivity index (χ3n) is 3.03. The number of hydrogen-bond acceptors (Lipinski definition) is 6. The Hall–Kier alpha value is -1.87. The molecule has 0 fully saturated rings. The maximum absolute atomic E-state index is 12.0. The Morgan fingerprint density at radius 3 is 2.80 bits per heavy atom. The topological polar surface area (TPSA) is 106 Å². The lowest BCUT2D eigenvalue weighted by atomic mass is 10.2. The number of benzene rings is 1. The summed E-state index contributed by atoms with van der Waals surface area (Å²) < 4.78 is 5.15. The second kappa shape index (κ2) is 10.2. The predicted octanol–water partition coefficient (Wildman–Crippen LogP) is 2.44. The van der Waals surface area contributed by atoms with Gasteiger partial charge in [0.2, 0.25) is 5.91 Å². The van der Waals surface area contributed by atoms with Gasteiger partial charge in [0.15, 0.2) is 0 Å². The average Bonchev–Trinajstić information content (AvgIpc) is 3.04. The highest BCUT2D eigenvalue weighted by Crippen LogP contribution is 2.27. The summed E-state index contributed by atoms with van der Waals surface area (Å²) in [6, 6.07) is 4.93. The van der Waals surface area contributed by atoms with Gasteiger partial charge in [-0.25, -0.2) is 4.98 Å². The van der Waals surface area contributed by atoms with Crippen molar-refractivity contribution < 1.29 is 14.3 Å². The van der Waals surface area contributed by atoms with E-state index < -0.39 is 0 Å². The summed E-state index contributed by atoms with van der Waals surface area (Å²) in [6.07, 6.45) is 0.106. The van der Waals surface area contributed by atoms with Crippen LogP contribution in [0, 0.1) is 0 Å². The van der Waals surface area contributed by atoms with E-state index >= 15 is 0 Å². The Morgan fingerprint density at radius 2 is 2.16 bits per heavy atom. The van der Waals surface area contributed by atoms with Crippen molar-refractivity contribution in [3.05, 3.63) is 39.3 Å². The first-order valence-corrected chi connectivity index (χ1v) is 8.35. The summed E-state index contributed by atoms with van der Waals surface area (Å²) in [7, 11) is 1.50. The van der Waals surface area contributed by atoms with Crippen molar-refractivity contribution in [3.63, 3.8) is 0 Å². The van der Waals surface area contributed by atoms with Gasteiger partial charge in [0.1, 0.15) is 16.5 Å². The van der Waals surface area contributed by atoms with Gasteiger partial charge in [0.25, 0.3) is 5.91 Å². The summed E-state index contributed by atoms with van der Waals surface area (Å²) in [6.45, 7) is 0.477. The molecule has 0 saturated carbocycles. The Morgan fingerprint density at radius 1 is 1.40 bits per heavy atom. The number of methoxy groups -OCH3 is 1. The standard InChI is InChI=1S/C15H17ClN4O3S.ClH/c1-23-12-3-2-9(16)6-10(12)19-13(21)4-5-18-15(22)11-8-24-14(7-17)20-11;/h2-3,6,8H,4-5,7,17H2,1H3,(H,18,22)(H,19,21);1H. The van der Waals surface area contributed by atoms with E-state index in [1.54, 1.807) is 23.6 Å². The number of aromatic nitrogens is 1. The maximum Gasteiger partial charge on any atom is 0.270 e. The van der Waals surface area contributed by atoms with Gasteiger partial charge in [-0.1, -0.05) is 11.6 Å². The molecule has 2 rings (SSSR count). The monoisotopic (exact) mass is 404 g/mol. The molecule has 0 atom stereocenters. The molecule has 1 aromatic heterocycles. The number of hydrogen-bond donors (Lipinski definition) is 3. The van der Waals surface area contributed by atoms with E-state index in [9.17, 15) is 9.59 Å². The number of carbonyl (C=O) groups excluding carboxylic acids is 2. The predicted molar refractivity (Wildman–Crippen MR) is 101 cm³/mol. The van der Waals surface area contributed by atoms with Crippen LogP contribution in [0.5, 0.6) is 5.75 Å². The SMILES string of the molecule is COc1ccc(Cl)cc1NC(=O)CCNC(=O)c1csc(CN)n1.Cl. The zero-order valence-electron chi connectivity index (χ0n) is 13.4. The van der Waals surface area contributed by atoms with E-state index in [0.717, 1.165) is 0 Å². The molecule has 0 unspecified atom stereocenters. The van der Waals surface area contributed by atoms with E-state index in [-0.39, 0.29) is 37.2 Å². The fourth-order valence-corrected chi connectivity index (χ4v) is 2.71. The minimum absolute atomic E-state index is 0. The maximum atomic E-state index is 12.0. The molecule has 2 aromatic rings. The highest BCUT2D eigenvalue weighted by molar-refractivity contribution is 7.09. The lowest BCUT2D eigenvalue weighted by Gasteiger charge is -2.10. The average molecular weight is 405 g/mol. The lowest BCUT2D eigenvalue weighted by molar-refractivity contribution is -0.116. The van der Waals surface area contributed by atoms with E-state index in [1.165, 1.54) is 18.4 Å². The molecule has 7 nitrogen and oxygen atoms in total. The van der Waals surface area contributed by atoms with Crippen molar-refractivity contribution in [2.24, 2.45) is 5.73 Å². The number of carbonyl (C=O) groups is 2. The lowest BCUT2D eigenvalue weighted by Crippen LogP contribution is -2.28. The number of amides is 2. The van der Waals surface area contributed by atoms with Gasteiger partial charge in [-0.2, -0.15) is 0 Å². The molecule has 0 spiro atoms. The van der Waals surface area contributed by atoms with Crippen molar-refractivity contribution in [1.82, 2.24) is 10.3 Å². The molecule has 1 aromatic carbocycles. The number of halogens is 2. The number of nitrogens with two attached hydrogens (primary N) is 1. The van der Waals surface area contributed by atoms with Gasteiger partial charge in [-0.15, -0.1) is 23.7 Å². The first-order valence-electron chi connectivity index (χ1n) is 7.09. The molecule has 1 heterocycles. The van der Waals surface area contributed by atoms with Crippen LogP contribution in [0.3, 0.4) is 0 Å². The molecular weight excluding hydrogens is 387 g/mol. The molecule has 0 bridgehead atoms. The molecule has 25 heavy (non-hydrogen) atoms. The quantitative estimate of drug-likeness (QED) is 0.656. The van der Waals surface area contributed by atoms with Gasteiger partial charge >= 0.3 is 0 Å². The Bertz CT molecular complexity index is 739. The number of anilines is 1. The summed E-state index contributed by atoms with van der Waals surface area (Å²) >= 11 is 7.23. The molecule has 0 radical (unpaired) electrons. The van der Waals surface area contributed by atoms with Crippen LogP contribution in [0.25, 0.3) is 0 Å². The third-order valence-corrected chi connectivity index (χ3v) is 4.14. The van der Waals surface area contributed by atoms with E-state index in [2.05, 4.69) is 15.6 Å². The second-order valence-electron chi connectivity index (χ2n) is 4.73. The van der Waals surface area contributed by atoms with E-state index in [0.29, 0.717) is 33.7 Å². The molecule has 0 aliphatic heterocycles. The van der Waals surface area contributed by atoms with Crippen LogP contribution in [0.2, 0.25) is 5.02 Å². The van der Waals surface area contributed by atoms with E-state index in [1.807, 2.05) is 0 Å². The fraction of sp³-hybridized carbons (Fsp3) is 0.267. The van der Waals surface area contributed by atoms with Crippen molar-refractivity contribution in [3.8, 4) is 5.75 Å². The molecule has 10 heteroatoms. The fourth-order valence-electron chi connectivity index (χ4n) is 1.88. The number of rotatable bonds is 7. The van der Waals surface area contributed by atoms with Crippen LogP contribution in [-0.2, 0) is 11.3 Å². The smallest absolute Gasteiger partial charge is 0.270 e. The number of nitrogens with zero attached hydrogens (tertiary/aromatic N) is 1. The van der Waals surface area contributed by atoms with Crippen molar-refractivity contribution in [2.75, 3.05) is 19.0 Å². The summed E-state index contributed by atoms with van der Waals surface area (Å²) in [5.74, 6) is -0.0931. The molecule has 136 valence electrons. The number of nitrogens with one attached hydrogen (secondary N) is 2. The van der Waals surface area contributed by atoms with Gasteiger partial charge in [0.05, 0.1) is 12.8 Å². The van der Waals surface area contributed by atoms with Crippen molar-refractivity contribution >= 4 is 52.8 Å².